The van der Waals surface area contributed by atoms with Crippen LogP contribution in [0.3, 0.4) is 0 Å². The number of hydrogen-bond acceptors (Lipinski definition) is 5. The van der Waals surface area contributed by atoms with Crippen molar-refractivity contribution in [3.8, 4) is 0 Å². The SMILES string of the molecule is CC[C@@H]1CN(c2c(F)c(N)c3c(=O)c(C(=O)O)cn(C4CC4)c3c2F)C[C@@H]1CN. The molecule has 2 heterocycles. The van der Waals surface area contributed by atoms with Crippen LogP contribution >= 0.6 is 0 Å². The predicted molar refractivity (Wildman–Crippen MR) is 106 cm³/mol. The van der Waals surface area contributed by atoms with Crippen LogP contribution in [0.5, 0.6) is 0 Å². The number of carboxylic acids is 1. The van der Waals surface area contributed by atoms with Crippen LogP contribution in [0.25, 0.3) is 10.9 Å². The molecule has 1 aromatic heterocycles. The number of nitrogens with two attached hydrogens (primary N) is 2. The number of rotatable bonds is 5. The maximum Gasteiger partial charge on any atom is 0.341 e. The van der Waals surface area contributed by atoms with E-state index in [0.29, 0.717) is 19.6 Å². The van der Waals surface area contributed by atoms with Crippen molar-refractivity contribution >= 4 is 28.2 Å². The lowest BCUT2D eigenvalue weighted by atomic mass is 9.94. The summed E-state index contributed by atoms with van der Waals surface area (Å²) in [6.07, 6.45) is 3.43. The number of benzene rings is 1. The van der Waals surface area contributed by atoms with Crippen LogP contribution in [0.4, 0.5) is 20.2 Å². The first kappa shape index (κ1) is 19.6. The van der Waals surface area contributed by atoms with E-state index in [9.17, 15) is 14.7 Å². The van der Waals surface area contributed by atoms with Crippen LogP contribution in [-0.2, 0) is 0 Å². The Labute approximate surface area is 165 Å². The molecular weight excluding hydrogens is 382 g/mol. The molecule has 2 aromatic rings. The van der Waals surface area contributed by atoms with E-state index in [1.165, 1.54) is 4.57 Å². The first-order valence-electron chi connectivity index (χ1n) is 9.83. The highest BCUT2D eigenvalue weighted by Crippen LogP contribution is 2.43. The Bertz CT molecular complexity index is 1050. The van der Waals surface area contributed by atoms with Gasteiger partial charge in [-0.05, 0) is 31.2 Å². The molecular formula is C20H24F2N4O3. The number of carboxylic acid groups (broad SMARTS) is 1. The predicted octanol–water partition coefficient (Wildman–Crippen LogP) is 2.32. The standard InChI is InChI=1S/C20H24F2N4O3/c1-2-9-6-25(7-10(9)5-23)18-14(21)16(24)13-17(15(18)22)26(11-3-4-11)8-12(19(13)27)20(28)29/h8-11H,2-7,23-24H2,1H3,(H,28,29)/t9-,10+/m1/s1. The molecule has 1 saturated heterocycles. The zero-order chi connectivity index (χ0) is 21.0. The van der Waals surface area contributed by atoms with Gasteiger partial charge in [-0.2, -0.15) is 0 Å². The molecule has 2 atom stereocenters. The number of halogens is 2. The van der Waals surface area contributed by atoms with Gasteiger partial charge in [-0.15, -0.1) is 0 Å². The van der Waals surface area contributed by atoms with E-state index in [1.54, 1.807) is 4.90 Å². The average molecular weight is 406 g/mol. The number of fused-ring (bicyclic) bond motifs is 1. The van der Waals surface area contributed by atoms with E-state index in [0.717, 1.165) is 25.5 Å². The van der Waals surface area contributed by atoms with Gasteiger partial charge in [-0.1, -0.05) is 13.3 Å². The lowest BCUT2D eigenvalue weighted by Gasteiger charge is -2.24. The number of anilines is 2. The molecule has 9 heteroatoms. The van der Waals surface area contributed by atoms with Crippen molar-refractivity contribution in [2.45, 2.75) is 32.2 Å². The van der Waals surface area contributed by atoms with Crippen molar-refractivity contribution in [3.05, 3.63) is 33.6 Å². The molecule has 4 rings (SSSR count). The molecule has 0 bridgehead atoms. The van der Waals surface area contributed by atoms with Gasteiger partial charge in [0.25, 0.3) is 0 Å². The van der Waals surface area contributed by atoms with Gasteiger partial charge in [0.05, 0.1) is 16.6 Å². The molecule has 0 radical (unpaired) electrons. The molecule has 1 saturated carbocycles. The van der Waals surface area contributed by atoms with E-state index in [1.807, 2.05) is 6.92 Å². The fourth-order valence-corrected chi connectivity index (χ4v) is 4.47. The molecule has 2 fully saturated rings. The molecule has 2 aliphatic rings. The summed E-state index contributed by atoms with van der Waals surface area (Å²) in [6.45, 7) is 3.26. The number of pyridine rings is 1. The second kappa shape index (κ2) is 6.98. The Hall–Kier alpha value is -2.68. The van der Waals surface area contributed by atoms with Crippen LogP contribution in [-0.4, -0.2) is 35.3 Å². The molecule has 0 amide bonds. The first-order valence-corrected chi connectivity index (χ1v) is 9.83. The van der Waals surface area contributed by atoms with E-state index < -0.39 is 39.7 Å². The second-order valence-electron chi connectivity index (χ2n) is 8.00. The molecule has 1 aliphatic heterocycles. The second-order valence-corrected chi connectivity index (χ2v) is 8.00. The monoisotopic (exact) mass is 406 g/mol. The maximum atomic E-state index is 15.7. The van der Waals surface area contributed by atoms with Crippen molar-refractivity contribution < 1.29 is 18.7 Å². The summed E-state index contributed by atoms with van der Waals surface area (Å²) in [4.78, 5) is 25.8. The number of carbonyl (C=O) groups is 1. The third kappa shape index (κ3) is 2.95. The first-order chi connectivity index (χ1) is 13.8. The highest BCUT2D eigenvalue weighted by atomic mass is 19.1. The Morgan fingerprint density at radius 3 is 2.41 bits per heavy atom. The van der Waals surface area contributed by atoms with Crippen molar-refractivity contribution in [1.82, 2.24) is 4.57 Å². The van der Waals surface area contributed by atoms with Crippen molar-refractivity contribution in [3.63, 3.8) is 0 Å². The number of nitrogen functional groups attached to an aromatic ring is 1. The largest absolute Gasteiger partial charge is 0.477 e. The van der Waals surface area contributed by atoms with E-state index in [-0.39, 0.29) is 29.1 Å². The zero-order valence-corrected chi connectivity index (χ0v) is 16.1. The van der Waals surface area contributed by atoms with Gasteiger partial charge in [-0.3, -0.25) is 4.79 Å². The van der Waals surface area contributed by atoms with Crippen LogP contribution in [0, 0.1) is 23.5 Å². The van der Waals surface area contributed by atoms with Crippen molar-refractivity contribution in [2.24, 2.45) is 17.6 Å². The van der Waals surface area contributed by atoms with E-state index in [2.05, 4.69) is 0 Å². The van der Waals surface area contributed by atoms with Gasteiger partial charge in [0.2, 0.25) is 5.43 Å². The zero-order valence-electron chi connectivity index (χ0n) is 16.1. The normalized spacial score (nSPS) is 21.9. The third-order valence-electron chi connectivity index (χ3n) is 6.25. The number of aromatic nitrogens is 1. The third-order valence-corrected chi connectivity index (χ3v) is 6.25. The molecule has 1 aromatic carbocycles. The molecule has 1 aliphatic carbocycles. The lowest BCUT2D eigenvalue weighted by Crippen LogP contribution is -2.27. The van der Waals surface area contributed by atoms with E-state index >= 15 is 8.78 Å². The highest BCUT2D eigenvalue weighted by molar-refractivity contribution is 5.99. The van der Waals surface area contributed by atoms with E-state index in [4.69, 9.17) is 11.5 Å². The summed E-state index contributed by atoms with van der Waals surface area (Å²) in [6, 6.07) is -0.137. The van der Waals surface area contributed by atoms with Gasteiger partial charge in [-0.25, -0.2) is 13.6 Å². The Morgan fingerprint density at radius 1 is 1.24 bits per heavy atom. The molecule has 7 nitrogen and oxygen atoms in total. The average Bonchev–Trinajstić information content (AvgIpc) is 3.45. The molecule has 156 valence electrons. The van der Waals surface area contributed by atoms with Gasteiger partial charge >= 0.3 is 5.97 Å². The Balaban J connectivity index is 2.00. The van der Waals surface area contributed by atoms with Gasteiger partial charge in [0, 0.05) is 25.3 Å². The number of hydrogen-bond donors (Lipinski definition) is 3. The molecule has 5 N–H and O–H groups in total. The van der Waals surface area contributed by atoms with Crippen LogP contribution in [0.1, 0.15) is 42.6 Å². The topological polar surface area (TPSA) is 115 Å². The van der Waals surface area contributed by atoms with Crippen LogP contribution < -0.4 is 21.8 Å². The van der Waals surface area contributed by atoms with Crippen molar-refractivity contribution in [2.75, 3.05) is 30.3 Å². The molecule has 29 heavy (non-hydrogen) atoms. The summed E-state index contributed by atoms with van der Waals surface area (Å²) >= 11 is 0. The summed E-state index contributed by atoms with van der Waals surface area (Å²) in [5.74, 6) is -3.04. The molecule has 0 spiro atoms. The Morgan fingerprint density at radius 2 is 1.90 bits per heavy atom. The fourth-order valence-electron chi connectivity index (χ4n) is 4.47. The highest BCUT2D eigenvalue weighted by Gasteiger charge is 2.37. The minimum atomic E-state index is -1.45. The summed E-state index contributed by atoms with van der Waals surface area (Å²) in [7, 11) is 0. The number of nitrogens with zero attached hydrogens (tertiary/aromatic N) is 2. The Kier molecular flexibility index (Phi) is 4.72. The summed E-state index contributed by atoms with van der Waals surface area (Å²) < 4.78 is 32.4. The lowest BCUT2D eigenvalue weighted by molar-refractivity contribution is 0.0695. The van der Waals surface area contributed by atoms with Gasteiger partial charge in [0.1, 0.15) is 11.3 Å². The minimum absolute atomic E-state index is 0.107. The number of aromatic carboxylic acids is 1. The van der Waals surface area contributed by atoms with Crippen LogP contribution in [0.15, 0.2) is 11.0 Å². The smallest absolute Gasteiger partial charge is 0.341 e. The minimum Gasteiger partial charge on any atom is -0.477 e. The molecule has 0 unspecified atom stereocenters. The summed E-state index contributed by atoms with van der Waals surface area (Å²) in [5, 5.41) is 8.95. The fraction of sp³-hybridized carbons (Fsp3) is 0.500. The van der Waals surface area contributed by atoms with Gasteiger partial charge < -0.3 is 26.0 Å². The van der Waals surface area contributed by atoms with Crippen LogP contribution in [0.2, 0.25) is 0 Å². The van der Waals surface area contributed by atoms with Gasteiger partial charge in [0.15, 0.2) is 11.6 Å². The summed E-state index contributed by atoms with van der Waals surface area (Å²) in [5.41, 5.74) is 9.37. The maximum absolute atomic E-state index is 15.7. The quantitative estimate of drug-likeness (QED) is 0.657. The van der Waals surface area contributed by atoms with Crippen molar-refractivity contribution in [1.29, 1.82) is 0 Å².